The summed E-state index contributed by atoms with van der Waals surface area (Å²) in [4.78, 5) is 23.0. The van der Waals surface area contributed by atoms with Gasteiger partial charge in [0.05, 0.1) is 6.04 Å². The molecule has 154 valence electrons. The van der Waals surface area contributed by atoms with Gasteiger partial charge in [-0.05, 0) is 58.2 Å². The molecule has 0 aromatic rings. The number of hydrogen-bond acceptors (Lipinski definition) is 5. The fraction of sp³-hybridized carbons (Fsp3) is 0.762. The highest BCUT2D eigenvalue weighted by Gasteiger charge is 2.48. The van der Waals surface area contributed by atoms with Gasteiger partial charge in [0.25, 0.3) is 0 Å². The summed E-state index contributed by atoms with van der Waals surface area (Å²) in [5, 5.41) is 1.82. The summed E-state index contributed by atoms with van der Waals surface area (Å²) in [5.74, 6) is 0.354. The molecule has 2 heterocycles. The lowest BCUT2D eigenvalue weighted by Gasteiger charge is -2.50. The molecule has 2 atom stereocenters. The molecular formula is C21H37N3O3. The molecule has 0 radical (unpaired) electrons. The molecule has 0 spiro atoms. The van der Waals surface area contributed by atoms with Gasteiger partial charge in [-0.2, -0.15) is 5.06 Å². The molecule has 1 saturated heterocycles. The molecule has 0 N–H and O–H groups in total. The Labute approximate surface area is 164 Å². The standard InChI is InChI=1S/C21H37N3O3/c1-8-21(27-22(5)6,18-11-9-10-14-23(18)7)17-12-15-24(16-13-17)19(25)26-20(2,3)4/h9-11,14,17-18H,8,12-13,15-16H2,1-7H3. The Hall–Kier alpha value is -1.53. The van der Waals surface area contributed by atoms with Crippen molar-refractivity contribution in [2.24, 2.45) is 5.92 Å². The Morgan fingerprint density at radius 2 is 1.81 bits per heavy atom. The quantitative estimate of drug-likeness (QED) is 0.682. The van der Waals surface area contributed by atoms with Crippen LogP contribution >= 0.6 is 0 Å². The van der Waals surface area contributed by atoms with E-state index in [-0.39, 0.29) is 17.7 Å². The number of carbonyl (C=O) groups excluding carboxylic acids is 1. The van der Waals surface area contributed by atoms with Crippen LogP contribution in [0.4, 0.5) is 4.79 Å². The molecule has 0 aromatic carbocycles. The zero-order chi connectivity index (χ0) is 20.2. The molecule has 0 bridgehead atoms. The smallest absolute Gasteiger partial charge is 0.410 e. The van der Waals surface area contributed by atoms with E-state index >= 15 is 0 Å². The predicted octanol–water partition coefficient (Wildman–Crippen LogP) is 3.66. The molecule has 0 saturated carbocycles. The van der Waals surface area contributed by atoms with Crippen LogP contribution in [0.25, 0.3) is 0 Å². The molecule has 1 amide bonds. The number of piperidine rings is 1. The van der Waals surface area contributed by atoms with Gasteiger partial charge in [-0.3, -0.25) is 4.84 Å². The number of carbonyl (C=O) groups is 1. The third-order valence-corrected chi connectivity index (χ3v) is 5.41. The first-order valence-corrected chi connectivity index (χ1v) is 10.0. The third-order valence-electron chi connectivity index (χ3n) is 5.41. The van der Waals surface area contributed by atoms with Crippen molar-refractivity contribution in [1.82, 2.24) is 14.9 Å². The maximum absolute atomic E-state index is 12.4. The monoisotopic (exact) mass is 379 g/mol. The fourth-order valence-electron chi connectivity index (χ4n) is 4.24. The number of likely N-dealkylation sites (N-methyl/N-ethyl adjacent to an activating group) is 1. The maximum Gasteiger partial charge on any atom is 0.410 e. The highest BCUT2D eigenvalue weighted by molar-refractivity contribution is 5.68. The van der Waals surface area contributed by atoms with Crippen LogP contribution in [0.1, 0.15) is 47.0 Å². The molecule has 1 fully saturated rings. The Balaban J connectivity index is 2.15. The number of ether oxygens (including phenoxy) is 1. The van der Waals surface area contributed by atoms with Gasteiger partial charge in [-0.15, -0.1) is 0 Å². The van der Waals surface area contributed by atoms with Gasteiger partial charge in [-0.1, -0.05) is 19.1 Å². The first-order chi connectivity index (χ1) is 12.6. The summed E-state index contributed by atoms with van der Waals surface area (Å²) < 4.78 is 5.54. The number of amides is 1. The van der Waals surface area contributed by atoms with Crippen molar-refractivity contribution >= 4 is 6.09 Å². The van der Waals surface area contributed by atoms with Gasteiger partial charge in [0.2, 0.25) is 0 Å². The first-order valence-electron chi connectivity index (χ1n) is 10.0. The minimum atomic E-state index is -0.461. The van der Waals surface area contributed by atoms with E-state index in [2.05, 4.69) is 43.3 Å². The topological polar surface area (TPSA) is 45.3 Å². The number of allylic oxidation sites excluding steroid dienone is 2. The van der Waals surface area contributed by atoms with Gasteiger partial charge in [0.15, 0.2) is 0 Å². The van der Waals surface area contributed by atoms with Crippen LogP contribution in [0, 0.1) is 5.92 Å². The molecule has 0 aliphatic carbocycles. The molecule has 2 aliphatic heterocycles. The van der Waals surface area contributed by atoms with Crippen LogP contribution in [-0.2, 0) is 9.57 Å². The number of hydroxylamine groups is 2. The van der Waals surface area contributed by atoms with E-state index in [1.165, 1.54) is 0 Å². The summed E-state index contributed by atoms with van der Waals surface area (Å²) in [6.07, 6.45) is 11.0. The second kappa shape index (κ2) is 8.65. The predicted molar refractivity (Wildman–Crippen MR) is 108 cm³/mol. The highest BCUT2D eigenvalue weighted by Crippen LogP contribution is 2.40. The first kappa shape index (κ1) is 21.8. The van der Waals surface area contributed by atoms with Gasteiger partial charge in [0.1, 0.15) is 11.2 Å². The average molecular weight is 380 g/mol. The number of hydrogen-bond donors (Lipinski definition) is 0. The Morgan fingerprint density at radius 1 is 1.19 bits per heavy atom. The van der Waals surface area contributed by atoms with Crippen molar-refractivity contribution in [3.63, 3.8) is 0 Å². The Bertz CT molecular complexity index is 560. The number of nitrogens with zero attached hydrogens (tertiary/aromatic N) is 3. The number of likely N-dealkylation sites (tertiary alicyclic amines) is 1. The molecular weight excluding hydrogens is 342 g/mol. The third kappa shape index (κ3) is 5.26. The SMILES string of the molecule is CCC(ON(C)C)(C1CCN(C(=O)OC(C)(C)C)CC1)C1C=CC=CN1C. The van der Waals surface area contributed by atoms with E-state index in [0.717, 1.165) is 19.3 Å². The summed E-state index contributed by atoms with van der Waals surface area (Å²) in [6, 6.07) is 0.160. The minimum Gasteiger partial charge on any atom is -0.444 e. The summed E-state index contributed by atoms with van der Waals surface area (Å²) in [7, 11) is 6.00. The van der Waals surface area contributed by atoms with Crippen molar-refractivity contribution in [3.05, 3.63) is 24.4 Å². The normalized spacial score (nSPS) is 23.6. The van der Waals surface area contributed by atoms with Crippen molar-refractivity contribution < 1.29 is 14.4 Å². The zero-order valence-corrected chi connectivity index (χ0v) is 18.1. The van der Waals surface area contributed by atoms with E-state index in [1.54, 1.807) is 0 Å². The Morgan fingerprint density at radius 3 is 2.30 bits per heavy atom. The van der Waals surface area contributed by atoms with Crippen molar-refractivity contribution in [2.75, 3.05) is 34.2 Å². The number of rotatable bonds is 5. The summed E-state index contributed by atoms with van der Waals surface area (Å²) >= 11 is 0. The van der Waals surface area contributed by atoms with Gasteiger partial charge in [0, 0.05) is 34.2 Å². The maximum atomic E-state index is 12.4. The van der Waals surface area contributed by atoms with Gasteiger partial charge in [-0.25, -0.2) is 4.79 Å². The van der Waals surface area contributed by atoms with E-state index in [0.29, 0.717) is 19.0 Å². The van der Waals surface area contributed by atoms with E-state index in [4.69, 9.17) is 9.57 Å². The van der Waals surface area contributed by atoms with Gasteiger partial charge < -0.3 is 14.5 Å². The van der Waals surface area contributed by atoms with Crippen molar-refractivity contribution in [3.8, 4) is 0 Å². The van der Waals surface area contributed by atoms with E-state index < -0.39 is 5.60 Å². The molecule has 2 rings (SSSR count). The van der Waals surface area contributed by atoms with E-state index in [1.807, 2.05) is 44.8 Å². The van der Waals surface area contributed by atoms with Crippen LogP contribution in [0.2, 0.25) is 0 Å². The highest BCUT2D eigenvalue weighted by atomic mass is 16.7. The van der Waals surface area contributed by atoms with E-state index in [9.17, 15) is 4.79 Å². The van der Waals surface area contributed by atoms with Crippen LogP contribution < -0.4 is 0 Å². The molecule has 0 aromatic heterocycles. The Kier molecular flexibility index (Phi) is 6.98. The minimum absolute atomic E-state index is 0.160. The molecule has 6 heteroatoms. The summed E-state index contributed by atoms with van der Waals surface area (Å²) in [6.45, 7) is 9.32. The van der Waals surface area contributed by atoms with Crippen LogP contribution in [0.5, 0.6) is 0 Å². The largest absolute Gasteiger partial charge is 0.444 e. The van der Waals surface area contributed by atoms with Crippen LogP contribution in [-0.4, -0.2) is 72.4 Å². The second-order valence-electron chi connectivity index (χ2n) is 8.79. The van der Waals surface area contributed by atoms with Crippen molar-refractivity contribution in [2.45, 2.75) is 64.2 Å². The lowest BCUT2D eigenvalue weighted by Crippen LogP contribution is -2.59. The van der Waals surface area contributed by atoms with Crippen molar-refractivity contribution in [1.29, 1.82) is 0 Å². The van der Waals surface area contributed by atoms with Crippen LogP contribution in [0.15, 0.2) is 24.4 Å². The molecule has 27 heavy (non-hydrogen) atoms. The average Bonchev–Trinajstić information content (AvgIpc) is 2.59. The zero-order valence-electron chi connectivity index (χ0n) is 18.1. The second-order valence-corrected chi connectivity index (χ2v) is 8.79. The molecule has 2 aliphatic rings. The summed E-state index contributed by atoms with van der Waals surface area (Å²) in [5.41, 5.74) is -0.795. The fourth-order valence-corrected chi connectivity index (χ4v) is 4.24. The molecule has 2 unspecified atom stereocenters. The van der Waals surface area contributed by atoms with Gasteiger partial charge >= 0.3 is 6.09 Å². The lowest BCUT2D eigenvalue weighted by atomic mass is 9.73. The van der Waals surface area contributed by atoms with Crippen LogP contribution in [0.3, 0.4) is 0 Å². The lowest BCUT2D eigenvalue weighted by molar-refractivity contribution is -0.261. The molecule has 6 nitrogen and oxygen atoms in total.